The van der Waals surface area contributed by atoms with E-state index < -0.39 is 11.6 Å². The Balaban J connectivity index is 2.47. The van der Waals surface area contributed by atoms with Crippen molar-refractivity contribution in [3.8, 4) is 0 Å². The zero-order valence-corrected chi connectivity index (χ0v) is 16.4. The van der Waals surface area contributed by atoms with Gasteiger partial charge < -0.3 is 4.74 Å². The van der Waals surface area contributed by atoms with Crippen LogP contribution < -0.4 is 0 Å². The van der Waals surface area contributed by atoms with Gasteiger partial charge in [-0.25, -0.2) is 4.79 Å². The van der Waals surface area contributed by atoms with Gasteiger partial charge in [0.05, 0.1) is 5.71 Å². The molecule has 2 aromatic rings. The summed E-state index contributed by atoms with van der Waals surface area (Å²) in [6, 6.07) is 19.5. The molecule has 138 valence electrons. The van der Waals surface area contributed by atoms with Crippen LogP contribution in [0.3, 0.4) is 0 Å². The van der Waals surface area contributed by atoms with E-state index in [4.69, 9.17) is 9.73 Å². The summed E-state index contributed by atoms with van der Waals surface area (Å²) in [5, 5.41) is 0. The molecule has 26 heavy (non-hydrogen) atoms. The van der Waals surface area contributed by atoms with Crippen molar-refractivity contribution in [1.82, 2.24) is 0 Å². The summed E-state index contributed by atoms with van der Waals surface area (Å²) in [6.45, 7) is 9.85. The first-order chi connectivity index (χ1) is 12.3. The summed E-state index contributed by atoms with van der Waals surface area (Å²) in [4.78, 5) is 17.6. The van der Waals surface area contributed by atoms with Gasteiger partial charge in [-0.05, 0) is 33.1 Å². The van der Waals surface area contributed by atoms with Crippen LogP contribution in [-0.4, -0.2) is 23.3 Å². The third-order valence-electron chi connectivity index (χ3n) is 3.75. The maximum Gasteiger partial charge on any atom is 0.331 e. The lowest BCUT2D eigenvalue weighted by atomic mass is 10.0. The molecule has 0 saturated heterocycles. The molecule has 0 amide bonds. The fourth-order valence-corrected chi connectivity index (χ4v) is 2.68. The molecule has 0 saturated carbocycles. The Morgan fingerprint density at radius 3 is 1.77 bits per heavy atom. The monoisotopic (exact) mass is 352 g/mol. The van der Waals surface area contributed by atoms with Gasteiger partial charge in [0.25, 0.3) is 0 Å². The Morgan fingerprint density at radius 2 is 1.38 bits per heavy atom. The number of esters is 1. The third-order valence-corrected chi connectivity index (χ3v) is 3.75. The molecule has 1 unspecified atom stereocenters. The van der Waals surface area contributed by atoms with Gasteiger partial charge in [0.1, 0.15) is 11.6 Å². The average molecular weight is 352 g/mol. The largest absolute Gasteiger partial charge is 0.458 e. The van der Waals surface area contributed by atoms with Gasteiger partial charge in [0, 0.05) is 11.1 Å². The number of aliphatic imine (C=N–C) groups is 1. The molecular weight excluding hydrogens is 323 g/mol. The quantitative estimate of drug-likeness (QED) is 0.403. The molecule has 2 atom stereocenters. The first-order valence-electron chi connectivity index (χ1n) is 9.18. The molecule has 0 aliphatic heterocycles. The summed E-state index contributed by atoms with van der Waals surface area (Å²) < 4.78 is 5.63. The molecule has 0 fully saturated rings. The zero-order chi connectivity index (χ0) is 19.2. The lowest BCUT2D eigenvalue weighted by Gasteiger charge is -2.24. The van der Waals surface area contributed by atoms with Gasteiger partial charge in [-0.15, -0.1) is 0 Å². The minimum Gasteiger partial charge on any atom is -0.458 e. The maximum atomic E-state index is 12.8. The van der Waals surface area contributed by atoms with Crippen molar-refractivity contribution in [3.05, 3.63) is 71.8 Å². The van der Waals surface area contributed by atoms with E-state index in [1.807, 2.05) is 81.4 Å². The predicted molar refractivity (Wildman–Crippen MR) is 108 cm³/mol. The Labute approximate surface area is 157 Å². The number of benzene rings is 2. The highest BCUT2D eigenvalue weighted by Gasteiger charge is 2.26. The van der Waals surface area contributed by atoms with Crippen LogP contribution in [0.15, 0.2) is 65.7 Å². The molecule has 3 heteroatoms. The molecule has 2 aromatic carbocycles. The first-order valence-corrected chi connectivity index (χ1v) is 9.18. The number of hydrogen-bond acceptors (Lipinski definition) is 3. The number of carbonyl (C=O) groups is 1. The minimum atomic E-state index is -0.526. The minimum absolute atomic E-state index is 0.268. The number of rotatable bonds is 6. The van der Waals surface area contributed by atoms with Crippen molar-refractivity contribution in [3.63, 3.8) is 0 Å². The van der Waals surface area contributed by atoms with Crippen LogP contribution in [0.4, 0.5) is 0 Å². The average Bonchev–Trinajstić information content (AvgIpc) is 2.58. The highest BCUT2D eigenvalue weighted by Crippen LogP contribution is 2.19. The van der Waals surface area contributed by atoms with Gasteiger partial charge in [0.2, 0.25) is 0 Å². The number of ether oxygens (including phenoxy) is 1. The van der Waals surface area contributed by atoms with E-state index in [-0.39, 0.29) is 5.97 Å². The predicted octanol–water partition coefficient (Wildman–Crippen LogP) is 5.28. The molecule has 0 N–H and O–H groups in total. The van der Waals surface area contributed by atoms with Crippen molar-refractivity contribution < 1.29 is 9.53 Å². The molecular formula is C23H29NO2. The van der Waals surface area contributed by atoms with Crippen LogP contribution >= 0.6 is 0 Å². The van der Waals surface area contributed by atoms with E-state index in [1.165, 1.54) is 0 Å². The van der Waals surface area contributed by atoms with Crippen molar-refractivity contribution in [2.75, 3.05) is 0 Å². The Kier molecular flexibility index (Phi) is 6.73. The lowest BCUT2D eigenvalue weighted by molar-refractivity contribution is -0.156. The van der Waals surface area contributed by atoms with Gasteiger partial charge in [0.15, 0.2) is 0 Å². The second-order valence-electron chi connectivity index (χ2n) is 7.89. The van der Waals surface area contributed by atoms with Crippen LogP contribution in [0, 0.1) is 5.92 Å². The SMILES string of the molecule is CC([13CH3])C[C@H](N=C(c1ccccc1)c1ccccc1)C(=O)OC(C)(C)C. The molecule has 0 heterocycles. The molecule has 2 rings (SSSR count). The van der Waals surface area contributed by atoms with E-state index >= 15 is 0 Å². The molecule has 0 aliphatic rings. The molecule has 3 nitrogen and oxygen atoms in total. The van der Waals surface area contributed by atoms with Crippen molar-refractivity contribution in [2.45, 2.75) is 52.7 Å². The van der Waals surface area contributed by atoms with E-state index in [1.54, 1.807) is 0 Å². The van der Waals surface area contributed by atoms with Crippen LogP contribution in [0.2, 0.25) is 0 Å². The molecule has 0 spiro atoms. The summed E-state index contributed by atoms with van der Waals surface area (Å²) in [5.41, 5.74) is 2.29. The van der Waals surface area contributed by atoms with E-state index in [0.29, 0.717) is 12.3 Å². The molecule has 0 aliphatic carbocycles. The summed E-state index contributed by atoms with van der Waals surface area (Å²) in [7, 11) is 0. The molecule has 0 bridgehead atoms. The van der Waals surface area contributed by atoms with Gasteiger partial charge in [-0.1, -0.05) is 74.5 Å². The van der Waals surface area contributed by atoms with Crippen molar-refractivity contribution in [2.24, 2.45) is 10.9 Å². The standard InChI is InChI=1S/C23H29NO2/c1-17(2)16-20(22(25)26-23(3,4)5)24-21(18-12-8-6-9-13-18)19-14-10-7-11-15-19/h6-15,17,20H,16H2,1-5H3/t20-/m0/s1/i1+1/t17?,20-. The zero-order valence-electron chi connectivity index (χ0n) is 16.4. The Morgan fingerprint density at radius 1 is 0.923 bits per heavy atom. The number of hydrogen-bond donors (Lipinski definition) is 0. The number of nitrogens with zero attached hydrogens (tertiary/aromatic N) is 1. The maximum absolute atomic E-state index is 12.8. The van der Waals surface area contributed by atoms with Crippen LogP contribution in [0.25, 0.3) is 0 Å². The van der Waals surface area contributed by atoms with Gasteiger partial charge >= 0.3 is 5.97 Å². The Bertz CT molecular complexity index is 686. The second-order valence-corrected chi connectivity index (χ2v) is 7.89. The number of carbonyl (C=O) groups excluding carboxylic acids is 1. The highest BCUT2D eigenvalue weighted by atomic mass is 16.6. The van der Waals surface area contributed by atoms with Crippen LogP contribution in [-0.2, 0) is 9.53 Å². The fourth-order valence-electron chi connectivity index (χ4n) is 2.68. The summed E-state index contributed by atoms with van der Waals surface area (Å²) in [6.07, 6.45) is 0.651. The normalized spacial score (nSPS) is 13.6. The van der Waals surface area contributed by atoms with Gasteiger partial charge in [-0.3, -0.25) is 4.99 Å². The summed E-state index contributed by atoms with van der Waals surface area (Å²) in [5.74, 6) is 0.0691. The molecule has 0 aromatic heterocycles. The molecule has 0 radical (unpaired) electrons. The highest BCUT2D eigenvalue weighted by molar-refractivity contribution is 6.13. The van der Waals surface area contributed by atoms with Crippen molar-refractivity contribution in [1.29, 1.82) is 0 Å². The second kappa shape index (κ2) is 8.79. The van der Waals surface area contributed by atoms with E-state index in [2.05, 4.69) is 13.8 Å². The van der Waals surface area contributed by atoms with Crippen LogP contribution in [0.5, 0.6) is 0 Å². The Hall–Kier alpha value is -2.42. The van der Waals surface area contributed by atoms with E-state index in [9.17, 15) is 4.79 Å². The van der Waals surface area contributed by atoms with E-state index in [0.717, 1.165) is 16.8 Å². The van der Waals surface area contributed by atoms with Crippen molar-refractivity contribution >= 4 is 11.7 Å². The fraction of sp³-hybridized carbons (Fsp3) is 0.391. The smallest absolute Gasteiger partial charge is 0.331 e. The first kappa shape index (κ1) is 19.9. The summed E-state index contributed by atoms with van der Waals surface area (Å²) >= 11 is 0. The topological polar surface area (TPSA) is 38.7 Å². The van der Waals surface area contributed by atoms with Crippen LogP contribution in [0.1, 0.15) is 52.2 Å². The third kappa shape index (κ3) is 6.14. The lowest BCUT2D eigenvalue weighted by Crippen LogP contribution is -2.32. The van der Waals surface area contributed by atoms with Gasteiger partial charge in [-0.2, -0.15) is 0 Å².